The van der Waals surface area contributed by atoms with Crippen LogP contribution in [0.2, 0.25) is 0 Å². The third-order valence-electron chi connectivity index (χ3n) is 2.45. The molecule has 0 saturated carbocycles. The zero-order valence-corrected chi connectivity index (χ0v) is 11.1. The Kier molecular flexibility index (Phi) is 3.94. The number of aromatic nitrogens is 1. The normalized spacial score (nSPS) is 10.1. The molecule has 2 aromatic rings. The van der Waals surface area contributed by atoms with E-state index in [-0.39, 0.29) is 11.6 Å². The van der Waals surface area contributed by atoms with E-state index < -0.39 is 0 Å². The highest BCUT2D eigenvalue weighted by atomic mass is 79.9. The quantitative estimate of drug-likeness (QED) is 0.914. The molecule has 1 amide bonds. The van der Waals surface area contributed by atoms with Crippen molar-refractivity contribution >= 4 is 27.5 Å². The van der Waals surface area contributed by atoms with Crippen molar-refractivity contribution in [1.82, 2.24) is 10.3 Å². The molecule has 1 aromatic carbocycles. The molecule has 0 fully saturated rings. The van der Waals surface area contributed by atoms with Crippen LogP contribution in [0.1, 0.15) is 16.1 Å². The van der Waals surface area contributed by atoms with Gasteiger partial charge >= 0.3 is 0 Å². The van der Waals surface area contributed by atoms with E-state index in [1.54, 1.807) is 18.3 Å². The smallest absolute Gasteiger partial charge is 0.272 e. The lowest BCUT2D eigenvalue weighted by Gasteiger charge is -2.07. The lowest BCUT2D eigenvalue weighted by molar-refractivity contribution is 0.0947. The van der Waals surface area contributed by atoms with Gasteiger partial charge in [-0.15, -0.1) is 0 Å². The molecule has 0 aliphatic carbocycles. The van der Waals surface area contributed by atoms with Crippen LogP contribution >= 0.6 is 15.9 Å². The third kappa shape index (κ3) is 2.87. The predicted octanol–water partition coefficient (Wildman–Crippen LogP) is 2.36. The van der Waals surface area contributed by atoms with E-state index in [1.165, 1.54) is 0 Å². The maximum atomic E-state index is 11.9. The van der Waals surface area contributed by atoms with E-state index in [2.05, 4.69) is 26.2 Å². The fourth-order valence-corrected chi connectivity index (χ4v) is 1.93. The number of carbonyl (C=O) groups excluding carboxylic acids is 1. The monoisotopic (exact) mass is 305 g/mol. The minimum absolute atomic E-state index is 0.254. The lowest BCUT2D eigenvalue weighted by atomic mass is 10.2. The summed E-state index contributed by atoms with van der Waals surface area (Å²) < 4.78 is 0.958. The number of rotatable bonds is 3. The van der Waals surface area contributed by atoms with E-state index in [0.29, 0.717) is 12.2 Å². The van der Waals surface area contributed by atoms with Crippen molar-refractivity contribution in [3.63, 3.8) is 0 Å². The number of nitrogens with zero attached hydrogens (tertiary/aromatic N) is 1. The summed E-state index contributed by atoms with van der Waals surface area (Å²) >= 11 is 3.43. The highest BCUT2D eigenvalue weighted by Gasteiger charge is 2.10. The SMILES string of the molecule is Nc1cccnc1C(=O)NCc1ccccc1Br. The van der Waals surface area contributed by atoms with Crippen LogP contribution in [-0.4, -0.2) is 10.9 Å². The highest BCUT2D eigenvalue weighted by Crippen LogP contribution is 2.15. The number of halogens is 1. The number of hydrogen-bond acceptors (Lipinski definition) is 3. The predicted molar refractivity (Wildman–Crippen MR) is 74.0 cm³/mol. The molecular weight excluding hydrogens is 294 g/mol. The molecule has 0 aliphatic rings. The second-order valence-corrected chi connectivity index (χ2v) is 4.57. The van der Waals surface area contributed by atoms with Gasteiger partial charge in [-0.05, 0) is 23.8 Å². The zero-order chi connectivity index (χ0) is 13.0. The Morgan fingerprint density at radius 1 is 1.28 bits per heavy atom. The molecule has 1 aromatic heterocycles. The molecule has 1 heterocycles. The van der Waals surface area contributed by atoms with Crippen LogP contribution in [0.4, 0.5) is 5.69 Å². The molecule has 18 heavy (non-hydrogen) atoms. The Bertz CT molecular complexity index is 572. The fraction of sp³-hybridized carbons (Fsp3) is 0.0769. The first-order valence-corrected chi connectivity index (χ1v) is 6.20. The van der Waals surface area contributed by atoms with Gasteiger partial charge in [0.25, 0.3) is 5.91 Å². The standard InChI is InChI=1S/C13H12BrN3O/c14-10-5-2-1-4-9(10)8-17-13(18)12-11(15)6-3-7-16-12/h1-7H,8,15H2,(H,17,18). The van der Waals surface area contributed by atoms with E-state index in [4.69, 9.17) is 5.73 Å². The first-order valence-electron chi connectivity index (χ1n) is 5.40. The third-order valence-corrected chi connectivity index (χ3v) is 3.22. The van der Waals surface area contributed by atoms with Gasteiger partial charge in [-0.1, -0.05) is 34.1 Å². The van der Waals surface area contributed by atoms with Gasteiger partial charge in [0, 0.05) is 17.2 Å². The second kappa shape index (κ2) is 5.64. The second-order valence-electron chi connectivity index (χ2n) is 3.72. The summed E-state index contributed by atoms with van der Waals surface area (Å²) in [5, 5.41) is 2.79. The maximum absolute atomic E-state index is 11.9. The molecule has 0 unspecified atom stereocenters. The topological polar surface area (TPSA) is 68.0 Å². The molecule has 5 heteroatoms. The number of carbonyl (C=O) groups is 1. The van der Waals surface area contributed by atoms with Crippen molar-refractivity contribution in [3.8, 4) is 0 Å². The lowest BCUT2D eigenvalue weighted by Crippen LogP contribution is -2.25. The van der Waals surface area contributed by atoms with Gasteiger partial charge in [0.1, 0.15) is 0 Å². The van der Waals surface area contributed by atoms with Crippen LogP contribution in [0, 0.1) is 0 Å². The minimum Gasteiger partial charge on any atom is -0.397 e. The van der Waals surface area contributed by atoms with Crippen LogP contribution in [0.25, 0.3) is 0 Å². The van der Waals surface area contributed by atoms with E-state index in [9.17, 15) is 4.79 Å². The molecule has 0 atom stereocenters. The van der Waals surface area contributed by atoms with E-state index in [1.807, 2.05) is 24.3 Å². The van der Waals surface area contributed by atoms with Crippen LogP contribution < -0.4 is 11.1 Å². The summed E-state index contributed by atoms with van der Waals surface area (Å²) in [4.78, 5) is 15.8. The molecule has 2 rings (SSSR count). The first-order chi connectivity index (χ1) is 8.68. The molecule has 0 spiro atoms. The summed E-state index contributed by atoms with van der Waals surface area (Å²) in [5.74, 6) is -0.274. The number of pyridine rings is 1. The van der Waals surface area contributed by atoms with Gasteiger partial charge in [0.2, 0.25) is 0 Å². The molecule has 3 N–H and O–H groups in total. The van der Waals surface area contributed by atoms with Crippen molar-refractivity contribution in [2.24, 2.45) is 0 Å². The van der Waals surface area contributed by atoms with Crippen molar-refractivity contribution in [2.75, 3.05) is 5.73 Å². The minimum atomic E-state index is -0.274. The van der Waals surface area contributed by atoms with Gasteiger partial charge in [0.05, 0.1) is 5.69 Å². The molecule has 92 valence electrons. The Morgan fingerprint density at radius 2 is 2.06 bits per heavy atom. The number of hydrogen-bond donors (Lipinski definition) is 2. The van der Waals surface area contributed by atoms with Crippen molar-refractivity contribution in [2.45, 2.75) is 6.54 Å². The van der Waals surface area contributed by atoms with Gasteiger partial charge in [0.15, 0.2) is 5.69 Å². The molecule has 4 nitrogen and oxygen atoms in total. The largest absolute Gasteiger partial charge is 0.397 e. The summed E-state index contributed by atoms with van der Waals surface area (Å²) in [7, 11) is 0. The number of nitrogen functional groups attached to an aromatic ring is 1. The van der Waals surface area contributed by atoms with Crippen molar-refractivity contribution < 1.29 is 4.79 Å². The first kappa shape index (κ1) is 12.6. The van der Waals surface area contributed by atoms with Gasteiger partial charge < -0.3 is 11.1 Å². The van der Waals surface area contributed by atoms with Gasteiger partial charge in [-0.3, -0.25) is 4.79 Å². The zero-order valence-electron chi connectivity index (χ0n) is 9.56. The van der Waals surface area contributed by atoms with Crippen LogP contribution in [0.5, 0.6) is 0 Å². The Hall–Kier alpha value is -1.88. The van der Waals surface area contributed by atoms with Gasteiger partial charge in [-0.2, -0.15) is 0 Å². The highest BCUT2D eigenvalue weighted by molar-refractivity contribution is 9.10. The summed E-state index contributed by atoms with van der Waals surface area (Å²) in [6.07, 6.45) is 1.55. The van der Waals surface area contributed by atoms with E-state index in [0.717, 1.165) is 10.0 Å². The number of nitrogens with two attached hydrogens (primary N) is 1. The summed E-state index contributed by atoms with van der Waals surface area (Å²) in [6.45, 7) is 0.427. The fourth-order valence-electron chi connectivity index (χ4n) is 1.51. The Labute approximate surface area is 113 Å². The average molecular weight is 306 g/mol. The number of anilines is 1. The maximum Gasteiger partial charge on any atom is 0.272 e. The number of nitrogens with one attached hydrogen (secondary N) is 1. The van der Waals surface area contributed by atoms with Crippen molar-refractivity contribution in [1.29, 1.82) is 0 Å². The van der Waals surface area contributed by atoms with Crippen LogP contribution in [-0.2, 0) is 6.54 Å². The van der Waals surface area contributed by atoms with Crippen molar-refractivity contribution in [3.05, 3.63) is 58.3 Å². The average Bonchev–Trinajstić information content (AvgIpc) is 2.38. The summed E-state index contributed by atoms with van der Waals surface area (Å²) in [5.41, 5.74) is 7.32. The Morgan fingerprint density at radius 3 is 2.78 bits per heavy atom. The molecule has 0 bridgehead atoms. The van der Waals surface area contributed by atoms with E-state index >= 15 is 0 Å². The Balaban J connectivity index is 2.06. The van der Waals surface area contributed by atoms with Crippen LogP contribution in [0.15, 0.2) is 47.1 Å². The number of amides is 1. The molecular formula is C13H12BrN3O. The van der Waals surface area contributed by atoms with Gasteiger partial charge in [-0.25, -0.2) is 4.98 Å². The molecule has 0 saturated heterocycles. The summed E-state index contributed by atoms with van der Waals surface area (Å²) in [6, 6.07) is 11.1. The number of benzene rings is 1. The molecule has 0 radical (unpaired) electrons. The van der Waals surface area contributed by atoms with Crippen LogP contribution in [0.3, 0.4) is 0 Å². The molecule has 0 aliphatic heterocycles.